The van der Waals surface area contributed by atoms with Gasteiger partial charge in [0.15, 0.2) is 6.10 Å². The second kappa shape index (κ2) is 9.92. The maximum Gasteiger partial charge on any atom is 0.261 e. The monoisotopic (exact) mass is 401 g/mol. The van der Waals surface area contributed by atoms with Gasteiger partial charge in [-0.1, -0.05) is 35.9 Å². The van der Waals surface area contributed by atoms with Crippen molar-refractivity contribution in [3.8, 4) is 5.75 Å². The molecule has 2 aromatic rings. The van der Waals surface area contributed by atoms with Crippen molar-refractivity contribution in [2.24, 2.45) is 0 Å². The van der Waals surface area contributed by atoms with Gasteiger partial charge in [-0.05, 0) is 49.4 Å². The highest BCUT2D eigenvalue weighted by Gasteiger charge is 2.15. The van der Waals surface area contributed by atoms with E-state index >= 15 is 0 Å². The Labute approximate surface area is 172 Å². The summed E-state index contributed by atoms with van der Waals surface area (Å²) >= 11 is 5.87. The molecule has 3 rings (SSSR count). The Morgan fingerprint density at radius 2 is 1.79 bits per heavy atom. The van der Waals surface area contributed by atoms with Gasteiger partial charge < -0.3 is 15.0 Å². The Balaban J connectivity index is 1.48. The van der Waals surface area contributed by atoms with Gasteiger partial charge in [0.1, 0.15) is 5.75 Å². The number of benzene rings is 2. The zero-order valence-electron chi connectivity index (χ0n) is 16.5. The first-order valence-electron chi connectivity index (χ1n) is 9.68. The molecule has 6 heteroatoms. The van der Waals surface area contributed by atoms with Crippen LogP contribution in [0.1, 0.15) is 18.1 Å². The first kappa shape index (κ1) is 20.6. The number of nitrogens with one attached hydrogen (secondary N) is 1. The molecule has 5 nitrogen and oxygen atoms in total. The van der Waals surface area contributed by atoms with Gasteiger partial charge in [0.2, 0.25) is 0 Å². The van der Waals surface area contributed by atoms with Crippen molar-refractivity contribution in [2.75, 3.05) is 33.2 Å². The van der Waals surface area contributed by atoms with E-state index in [1.807, 2.05) is 6.07 Å². The van der Waals surface area contributed by atoms with Crippen LogP contribution in [0.5, 0.6) is 5.75 Å². The van der Waals surface area contributed by atoms with Gasteiger partial charge in [0.25, 0.3) is 5.91 Å². The summed E-state index contributed by atoms with van der Waals surface area (Å²) in [5, 5.41) is 3.60. The van der Waals surface area contributed by atoms with E-state index in [0.717, 1.165) is 38.3 Å². The van der Waals surface area contributed by atoms with E-state index in [4.69, 9.17) is 16.3 Å². The summed E-state index contributed by atoms with van der Waals surface area (Å²) in [6.07, 6.45) is -0.574. The van der Waals surface area contributed by atoms with Gasteiger partial charge >= 0.3 is 0 Å². The Kier molecular flexibility index (Phi) is 7.31. The van der Waals surface area contributed by atoms with Crippen molar-refractivity contribution in [1.29, 1.82) is 0 Å². The number of carbonyl (C=O) groups excluding carboxylic acids is 1. The molecule has 150 valence electrons. The SMILES string of the molecule is CC(Oc1ccc(Cl)cc1)C(=O)NCc1cccc(CN2CCN(C)CC2)c1. The van der Waals surface area contributed by atoms with E-state index in [1.54, 1.807) is 31.2 Å². The second-order valence-electron chi connectivity index (χ2n) is 7.33. The third-order valence-corrected chi connectivity index (χ3v) is 5.21. The molecule has 0 aromatic heterocycles. The smallest absolute Gasteiger partial charge is 0.261 e. The van der Waals surface area contributed by atoms with Crippen molar-refractivity contribution in [2.45, 2.75) is 26.1 Å². The van der Waals surface area contributed by atoms with E-state index in [1.165, 1.54) is 5.56 Å². The van der Waals surface area contributed by atoms with Crippen LogP contribution in [0.2, 0.25) is 5.02 Å². The number of nitrogens with zero attached hydrogens (tertiary/aromatic N) is 2. The van der Waals surface area contributed by atoms with E-state index in [9.17, 15) is 4.79 Å². The van der Waals surface area contributed by atoms with Crippen molar-refractivity contribution < 1.29 is 9.53 Å². The lowest BCUT2D eigenvalue weighted by Gasteiger charge is -2.32. The fourth-order valence-electron chi connectivity index (χ4n) is 3.21. The van der Waals surface area contributed by atoms with Gasteiger partial charge in [0.05, 0.1) is 0 Å². The van der Waals surface area contributed by atoms with Gasteiger partial charge in [-0.15, -0.1) is 0 Å². The molecule has 1 saturated heterocycles. The fraction of sp³-hybridized carbons (Fsp3) is 0.409. The third kappa shape index (κ3) is 6.23. The number of piperazine rings is 1. The van der Waals surface area contributed by atoms with Gasteiger partial charge in [-0.2, -0.15) is 0 Å². The molecule has 1 atom stereocenters. The number of carbonyl (C=O) groups is 1. The van der Waals surface area contributed by atoms with E-state index in [-0.39, 0.29) is 5.91 Å². The topological polar surface area (TPSA) is 44.8 Å². The molecular formula is C22H28ClN3O2. The minimum absolute atomic E-state index is 0.139. The highest BCUT2D eigenvalue weighted by atomic mass is 35.5. The Morgan fingerprint density at radius 1 is 1.11 bits per heavy atom. The third-order valence-electron chi connectivity index (χ3n) is 4.96. The van der Waals surface area contributed by atoms with Crippen molar-refractivity contribution >= 4 is 17.5 Å². The molecule has 1 N–H and O–H groups in total. The molecule has 2 aromatic carbocycles. The summed E-state index contributed by atoms with van der Waals surface area (Å²) in [5.41, 5.74) is 2.38. The highest BCUT2D eigenvalue weighted by Crippen LogP contribution is 2.17. The van der Waals surface area contributed by atoms with Crippen LogP contribution in [0.4, 0.5) is 0 Å². The maximum absolute atomic E-state index is 12.3. The first-order valence-corrected chi connectivity index (χ1v) is 10.1. The van der Waals surface area contributed by atoms with Crippen LogP contribution in [0.25, 0.3) is 0 Å². The molecule has 0 saturated carbocycles. The summed E-state index contributed by atoms with van der Waals surface area (Å²) in [7, 11) is 2.16. The van der Waals surface area contributed by atoms with Gasteiger partial charge in [-0.3, -0.25) is 9.69 Å². The minimum Gasteiger partial charge on any atom is -0.481 e. The molecule has 1 aliphatic heterocycles. The van der Waals surface area contributed by atoms with Crippen LogP contribution in [0.3, 0.4) is 0 Å². The average Bonchev–Trinajstić information content (AvgIpc) is 2.70. The van der Waals surface area contributed by atoms with Crippen molar-refractivity contribution in [1.82, 2.24) is 15.1 Å². The Bertz CT molecular complexity index is 774. The second-order valence-corrected chi connectivity index (χ2v) is 7.77. The maximum atomic E-state index is 12.3. The summed E-state index contributed by atoms with van der Waals surface area (Å²) in [5.74, 6) is 0.487. The lowest BCUT2D eigenvalue weighted by atomic mass is 10.1. The first-order chi connectivity index (χ1) is 13.5. The van der Waals surface area contributed by atoms with E-state index in [2.05, 4.69) is 40.4 Å². The summed E-state index contributed by atoms with van der Waals surface area (Å²) < 4.78 is 5.67. The zero-order valence-corrected chi connectivity index (χ0v) is 17.3. The molecule has 0 spiro atoms. The number of hydrogen-bond donors (Lipinski definition) is 1. The molecule has 1 aliphatic rings. The molecule has 0 aliphatic carbocycles. The quantitative estimate of drug-likeness (QED) is 0.774. The van der Waals surface area contributed by atoms with Crippen molar-refractivity contribution in [3.63, 3.8) is 0 Å². The summed E-state index contributed by atoms with van der Waals surface area (Å²) in [6.45, 7) is 7.60. The van der Waals surface area contributed by atoms with E-state index in [0.29, 0.717) is 17.3 Å². The van der Waals surface area contributed by atoms with E-state index < -0.39 is 6.10 Å². The Hall–Kier alpha value is -2.08. The number of hydrogen-bond acceptors (Lipinski definition) is 4. The van der Waals surface area contributed by atoms with Crippen LogP contribution in [0.15, 0.2) is 48.5 Å². The predicted octanol–water partition coefficient (Wildman–Crippen LogP) is 3.17. The molecule has 1 amide bonds. The number of amides is 1. The minimum atomic E-state index is -0.574. The van der Waals surface area contributed by atoms with Crippen LogP contribution in [0, 0.1) is 0 Å². The Morgan fingerprint density at radius 3 is 2.50 bits per heavy atom. The molecule has 1 fully saturated rings. The van der Waals surface area contributed by atoms with Gasteiger partial charge in [-0.25, -0.2) is 0 Å². The molecule has 1 unspecified atom stereocenters. The lowest BCUT2D eigenvalue weighted by molar-refractivity contribution is -0.127. The number of likely N-dealkylation sites (N-methyl/N-ethyl adjacent to an activating group) is 1. The van der Waals surface area contributed by atoms with Crippen LogP contribution in [-0.4, -0.2) is 55.0 Å². The summed E-state index contributed by atoms with van der Waals surface area (Å²) in [4.78, 5) is 17.2. The van der Waals surface area contributed by atoms with Crippen LogP contribution >= 0.6 is 11.6 Å². The molecule has 0 bridgehead atoms. The molecule has 0 radical (unpaired) electrons. The number of rotatable bonds is 7. The number of ether oxygens (including phenoxy) is 1. The highest BCUT2D eigenvalue weighted by molar-refractivity contribution is 6.30. The predicted molar refractivity (Wildman–Crippen MR) is 113 cm³/mol. The number of halogens is 1. The van der Waals surface area contributed by atoms with Crippen LogP contribution < -0.4 is 10.1 Å². The van der Waals surface area contributed by atoms with Gasteiger partial charge in [0, 0.05) is 44.3 Å². The molecule has 28 heavy (non-hydrogen) atoms. The fourth-order valence-corrected chi connectivity index (χ4v) is 3.33. The normalized spacial score (nSPS) is 16.5. The zero-order chi connectivity index (χ0) is 19.9. The molecular weight excluding hydrogens is 374 g/mol. The standard InChI is InChI=1S/C22H28ClN3O2/c1-17(28-21-8-6-20(23)7-9-21)22(27)24-15-18-4-3-5-19(14-18)16-26-12-10-25(2)11-13-26/h3-9,14,17H,10-13,15-16H2,1-2H3,(H,24,27). The largest absolute Gasteiger partial charge is 0.481 e. The molecule has 1 heterocycles. The van der Waals surface area contributed by atoms with Crippen LogP contribution in [-0.2, 0) is 17.9 Å². The lowest BCUT2D eigenvalue weighted by Crippen LogP contribution is -2.43. The average molecular weight is 402 g/mol. The van der Waals surface area contributed by atoms with Crippen molar-refractivity contribution in [3.05, 3.63) is 64.7 Å². The summed E-state index contributed by atoms with van der Waals surface area (Å²) in [6, 6.07) is 15.4.